The maximum atomic E-state index is 10.8. The molecule has 1 fully saturated rings. The second-order valence-corrected chi connectivity index (χ2v) is 5.98. The summed E-state index contributed by atoms with van der Waals surface area (Å²) in [7, 11) is -3.26. The minimum absolute atomic E-state index is 0.0847. The molecule has 0 radical (unpaired) electrons. The first-order valence-electron chi connectivity index (χ1n) is 4.76. The summed E-state index contributed by atoms with van der Waals surface area (Å²) in [6.07, 6.45) is 6.95. The van der Waals surface area contributed by atoms with Gasteiger partial charge in [-0.05, 0) is 18.3 Å². The fraction of sp³-hybridized carbons (Fsp3) is 1.00. The van der Waals surface area contributed by atoms with Crippen LogP contribution in [-0.4, -0.2) is 21.3 Å². The van der Waals surface area contributed by atoms with Crippen LogP contribution in [0.2, 0.25) is 0 Å². The minimum atomic E-state index is -3.26. The van der Waals surface area contributed by atoms with Gasteiger partial charge in [0.2, 0.25) is 0 Å². The average molecular weight is 206 g/mol. The molecule has 0 heterocycles. The van der Waals surface area contributed by atoms with E-state index in [1.165, 1.54) is 19.3 Å². The van der Waals surface area contributed by atoms with Gasteiger partial charge in [-0.1, -0.05) is 26.2 Å². The summed E-state index contributed by atoms with van der Waals surface area (Å²) < 4.78 is 26.4. The molecule has 0 saturated heterocycles. The lowest BCUT2D eigenvalue weighted by Crippen LogP contribution is -2.27. The molecule has 0 amide bonds. The van der Waals surface area contributed by atoms with E-state index in [1.807, 2.05) is 0 Å². The molecule has 0 aromatic carbocycles. The fourth-order valence-corrected chi connectivity index (χ4v) is 2.30. The van der Waals surface area contributed by atoms with E-state index in [0.717, 1.165) is 19.1 Å². The first-order chi connectivity index (χ1) is 5.91. The SMILES string of the molecule is CC1(COS(C)(=O)=O)CCCCC1. The van der Waals surface area contributed by atoms with Gasteiger partial charge in [0.25, 0.3) is 10.1 Å². The number of rotatable bonds is 3. The van der Waals surface area contributed by atoms with Crippen LogP contribution in [0.25, 0.3) is 0 Å². The summed E-state index contributed by atoms with van der Waals surface area (Å²) in [5.74, 6) is 0. The van der Waals surface area contributed by atoms with Crippen LogP contribution in [0.15, 0.2) is 0 Å². The van der Waals surface area contributed by atoms with Crippen LogP contribution < -0.4 is 0 Å². The first-order valence-corrected chi connectivity index (χ1v) is 6.57. The maximum Gasteiger partial charge on any atom is 0.264 e. The molecular formula is C9H18O3S. The van der Waals surface area contributed by atoms with Gasteiger partial charge in [0.1, 0.15) is 0 Å². The van der Waals surface area contributed by atoms with Gasteiger partial charge in [-0.2, -0.15) is 8.42 Å². The standard InChI is InChI=1S/C9H18O3S/c1-9(6-4-3-5-7-9)8-12-13(2,10)11/h3-8H2,1-2H3. The highest BCUT2D eigenvalue weighted by molar-refractivity contribution is 7.85. The molecular weight excluding hydrogens is 188 g/mol. The summed E-state index contributed by atoms with van der Waals surface area (Å²) in [5.41, 5.74) is 0.0847. The third-order valence-corrected chi connectivity index (χ3v) is 3.23. The molecule has 13 heavy (non-hydrogen) atoms. The Bertz CT molecular complexity index is 250. The highest BCUT2D eigenvalue weighted by Gasteiger charge is 2.28. The van der Waals surface area contributed by atoms with Crippen molar-refractivity contribution in [3.63, 3.8) is 0 Å². The lowest BCUT2D eigenvalue weighted by atomic mass is 9.76. The van der Waals surface area contributed by atoms with Crippen LogP contribution in [0, 0.1) is 5.41 Å². The molecule has 0 aromatic heterocycles. The van der Waals surface area contributed by atoms with Crippen molar-refractivity contribution in [3.05, 3.63) is 0 Å². The van der Waals surface area contributed by atoms with E-state index in [4.69, 9.17) is 4.18 Å². The van der Waals surface area contributed by atoms with E-state index >= 15 is 0 Å². The lowest BCUT2D eigenvalue weighted by Gasteiger charge is -2.32. The smallest absolute Gasteiger partial charge is 0.264 e. The zero-order valence-corrected chi connectivity index (χ0v) is 9.19. The van der Waals surface area contributed by atoms with E-state index in [2.05, 4.69) is 6.92 Å². The van der Waals surface area contributed by atoms with Crippen LogP contribution in [-0.2, 0) is 14.3 Å². The Morgan fingerprint density at radius 2 is 1.77 bits per heavy atom. The van der Waals surface area contributed by atoms with Crippen molar-refractivity contribution >= 4 is 10.1 Å². The molecule has 0 aromatic rings. The fourth-order valence-electron chi connectivity index (χ4n) is 1.80. The molecule has 1 aliphatic carbocycles. The Kier molecular flexibility index (Phi) is 3.35. The van der Waals surface area contributed by atoms with Crippen molar-refractivity contribution in [1.82, 2.24) is 0 Å². The first kappa shape index (κ1) is 11.0. The molecule has 0 bridgehead atoms. The molecule has 1 rings (SSSR count). The molecule has 4 heteroatoms. The average Bonchev–Trinajstić information content (AvgIpc) is 2.02. The van der Waals surface area contributed by atoms with Gasteiger partial charge in [0.05, 0.1) is 12.9 Å². The van der Waals surface area contributed by atoms with Gasteiger partial charge >= 0.3 is 0 Å². The van der Waals surface area contributed by atoms with Gasteiger partial charge in [0, 0.05) is 0 Å². The second-order valence-electron chi connectivity index (χ2n) is 4.34. The van der Waals surface area contributed by atoms with Gasteiger partial charge in [0.15, 0.2) is 0 Å². The number of hydrogen-bond donors (Lipinski definition) is 0. The minimum Gasteiger partial charge on any atom is -0.270 e. The molecule has 0 unspecified atom stereocenters. The van der Waals surface area contributed by atoms with E-state index < -0.39 is 10.1 Å². The largest absolute Gasteiger partial charge is 0.270 e. The van der Waals surface area contributed by atoms with Gasteiger partial charge in [-0.15, -0.1) is 0 Å². The van der Waals surface area contributed by atoms with Crippen molar-refractivity contribution in [2.24, 2.45) is 5.41 Å². The zero-order valence-electron chi connectivity index (χ0n) is 8.38. The predicted molar refractivity (Wildman–Crippen MR) is 52.0 cm³/mol. The molecule has 0 N–H and O–H groups in total. The van der Waals surface area contributed by atoms with Gasteiger partial charge in [-0.3, -0.25) is 4.18 Å². The number of hydrogen-bond acceptors (Lipinski definition) is 3. The van der Waals surface area contributed by atoms with Gasteiger partial charge < -0.3 is 0 Å². The van der Waals surface area contributed by atoms with Crippen LogP contribution in [0.3, 0.4) is 0 Å². The normalized spacial score (nSPS) is 22.9. The van der Waals surface area contributed by atoms with Crippen LogP contribution in [0.1, 0.15) is 39.0 Å². The van der Waals surface area contributed by atoms with Crippen molar-refractivity contribution < 1.29 is 12.6 Å². The van der Waals surface area contributed by atoms with Crippen molar-refractivity contribution in [2.75, 3.05) is 12.9 Å². The van der Waals surface area contributed by atoms with Crippen molar-refractivity contribution in [1.29, 1.82) is 0 Å². The quantitative estimate of drug-likeness (QED) is 0.663. The molecule has 0 atom stereocenters. The summed E-state index contributed by atoms with van der Waals surface area (Å²) >= 11 is 0. The van der Waals surface area contributed by atoms with E-state index in [1.54, 1.807) is 0 Å². The molecule has 0 spiro atoms. The highest BCUT2D eigenvalue weighted by Crippen LogP contribution is 2.36. The Balaban J connectivity index is 2.42. The summed E-state index contributed by atoms with van der Waals surface area (Å²) in [6.45, 7) is 2.46. The Hall–Kier alpha value is -0.0900. The van der Waals surface area contributed by atoms with Gasteiger partial charge in [-0.25, -0.2) is 0 Å². The third kappa shape index (κ3) is 4.09. The maximum absolute atomic E-state index is 10.8. The van der Waals surface area contributed by atoms with E-state index in [0.29, 0.717) is 6.61 Å². The van der Waals surface area contributed by atoms with E-state index in [9.17, 15) is 8.42 Å². The molecule has 0 aliphatic heterocycles. The topological polar surface area (TPSA) is 43.4 Å². The predicted octanol–water partition coefficient (Wildman–Crippen LogP) is 1.93. The van der Waals surface area contributed by atoms with E-state index in [-0.39, 0.29) is 5.41 Å². The van der Waals surface area contributed by atoms with Crippen LogP contribution >= 0.6 is 0 Å². The monoisotopic (exact) mass is 206 g/mol. The summed E-state index contributed by atoms with van der Waals surface area (Å²) in [5, 5.41) is 0. The molecule has 3 nitrogen and oxygen atoms in total. The van der Waals surface area contributed by atoms with Crippen molar-refractivity contribution in [2.45, 2.75) is 39.0 Å². The summed E-state index contributed by atoms with van der Waals surface area (Å²) in [4.78, 5) is 0. The second kappa shape index (κ2) is 3.96. The Morgan fingerprint density at radius 3 is 2.23 bits per heavy atom. The zero-order chi connectivity index (χ0) is 9.95. The lowest BCUT2D eigenvalue weighted by molar-refractivity contribution is 0.121. The molecule has 1 aliphatic rings. The molecule has 78 valence electrons. The Labute approximate surface area is 80.6 Å². The van der Waals surface area contributed by atoms with Crippen LogP contribution in [0.4, 0.5) is 0 Å². The third-order valence-electron chi connectivity index (χ3n) is 2.68. The van der Waals surface area contributed by atoms with Crippen LogP contribution in [0.5, 0.6) is 0 Å². The Morgan fingerprint density at radius 1 is 1.23 bits per heavy atom. The van der Waals surface area contributed by atoms with Crippen molar-refractivity contribution in [3.8, 4) is 0 Å². The summed E-state index contributed by atoms with van der Waals surface area (Å²) in [6, 6.07) is 0. The highest BCUT2D eigenvalue weighted by atomic mass is 32.2. The molecule has 1 saturated carbocycles.